The van der Waals surface area contributed by atoms with E-state index in [0.717, 1.165) is 22.3 Å². The zero-order chi connectivity index (χ0) is 16.8. The third-order valence-electron chi connectivity index (χ3n) is 4.36. The van der Waals surface area contributed by atoms with Crippen LogP contribution in [-0.4, -0.2) is 11.8 Å². The van der Waals surface area contributed by atoms with Crippen LogP contribution in [0.2, 0.25) is 0 Å². The highest BCUT2D eigenvalue weighted by Gasteiger charge is 2.40. The van der Waals surface area contributed by atoms with E-state index in [1.54, 1.807) is 0 Å². The van der Waals surface area contributed by atoms with Crippen molar-refractivity contribution in [3.63, 3.8) is 0 Å². The van der Waals surface area contributed by atoms with Crippen LogP contribution >= 0.6 is 0 Å². The molecule has 0 saturated heterocycles. The Hall–Kier alpha value is -3.14. The smallest absolute Gasteiger partial charge is 0.258 e. The molecule has 0 aliphatic carbocycles. The second-order valence-corrected chi connectivity index (χ2v) is 6.14. The SMILES string of the molecule is Cc1ccc(C2=C3C(=O)NC(c4ccc(C)cc4)=C3C(=O)N2)cc1. The quantitative estimate of drug-likeness (QED) is 0.895. The van der Waals surface area contributed by atoms with Crippen molar-refractivity contribution in [1.29, 1.82) is 0 Å². The average Bonchev–Trinajstić information content (AvgIpc) is 3.08. The first-order valence-corrected chi connectivity index (χ1v) is 7.80. The lowest BCUT2D eigenvalue weighted by molar-refractivity contribution is -0.117. The Labute approximate surface area is 139 Å². The normalized spacial score (nSPS) is 16.4. The fourth-order valence-electron chi connectivity index (χ4n) is 3.05. The molecule has 2 aromatic carbocycles. The molecular weight excluding hydrogens is 300 g/mol. The van der Waals surface area contributed by atoms with Crippen LogP contribution in [0.15, 0.2) is 59.7 Å². The van der Waals surface area contributed by atoms with Crippen molar-refractivity contribution in [3.05, 3.63) is 81.9 Å². The lowest BCUT2D eigenvalue weighted by Crippen LogP contribution is -2.21. The Morgan fingerprint density at radius 2 is 0.917 bits per heavy atom. The molecule has 0 unspecified atom stereocenters. The molecule has 0 atom stereocenters. The molecule has 2 amide bonds. The topological polar surface area (TPSA) is 58.2 Å². The molecule has 0 aromatic heterocycles. The monoisotopic (exact) mass is 316 g/mol. The Balaban J connectivity index is 1.88. The number of amides is 2. The van der Waals surface area contributed by atoms with Gasteiger partial charge >= 0.3 is 0 Å². The molecule has 0 bridgehead atoms. The molecule has 2 N–H and O–H groups in total. The third-order valence-corrected chi connectivity index (χ3v) is 4.36. The first-order chi connectivity index (χ1) is 11.5. The lowest BCUT2D eigenvalue weighted by atomic mass is 10.0. The highest BCUT2D eigenvalue weighted by molar-refractivity contribution is 6.30. The number of aryl methyl sites for hydroxylation is 2. The lowest BCUT2D eigenvalue weighted by Gasteiger charge is -2.07. The molecule has 4 nitrogen and oxygen atoms in total. The average molecular weight is 316 g/mol. The van der Waals surface area contributed by atoms with E-state index < -0.39 is 0 Å². The molecule has 4 rings (SSSR count). The highest BCUT2D eigenvalue weighted by atomic mass is 16.2. The van der Waals surface area contributed by atoms with Gasteiger partial charge in [-0.1, -0.05) is 59.7 Å². The fourth-order valence-corrected chi connectivity index (χ4v) is 3.05. The van der Waals surface area contributed by atoms with E-state index in [4.69, 9.17) is 0 Å². The summed E-state index contributed by atoms with van der Waals surface area (Å²) < 4.78 is 0. The van der Waals surface area contributed by atoms with E-state index in [0.29, 0.717) is 22.5 Å². The van der Waals surface area contributed by atoms with Crippen molar-refractivity contribution in [2.45, 2.75) is 13.8 Å². The molecule has 118 valence electrons. The van der Waals surface area contributed by atoms with Gasteiger partial charge in [-0.2, -0.15) is 0 Å². The molecule has 2 aromatic rings. The third kappa shape index (κ3) is 2.15. The van der Waals surface area contributed by atoms with Crippen LogP contribution < -0.4 is 10.6 Å². The number of fused-ring (bicyclic) bond motifs is 1. The van der Waals surface area contributed by atoms with Gasteiger partial charge in [-0.15, -0.1) is 0 Å². The van der Waals surface area contributed by atoms with E-state index in [9.17, 15) is 9.59 Å². The van der Waals surface area contributed by atoms with Crippen molar-refractivity contribution in [1.82, 2.24) is 10.6 Å². The number of benzene rings is 2. The number of nitrogens with one attached hydrogen (secondary N) is 2. The van der Waals surface area contributed by atoms with Gasteiger partial charge < -0.3 is 10.6 Å². The zero-order valence-electron chi connectivity index (χ0n) is 13.4. The van der Waals surface area contributed by atoms with Crippen molar-refractivity contribution in [2.24, 2.45) is 0 Å². The van der Waals surface area contributed by atoms with Crippen LogP contribution in [0.25, 0.3) is 11.4 Å². The van der Waals surface area contributed by atoms with Gasteiger partial charge in [0.2, 0.25) is 0 Å². The van der Waals surface area contributed by atoms with Gasteiger partial charge in [0.25, 0.3) is 11.8 Å². The van der Waals surface area contributed by atoms with Crippen LogP contribution in [0.5, 0.6) is 0 Å². The molecule has 2 aliphatic heterocycles. The first kappa shape index (κ1) is 14.5. The Morgan fingerprint density at radius 3 is 1.25 bits per heavy atom. The molecule has 0 spiro atoms. The molecule has 0 saturated carbocycles. The standard InChI is InChI=1S/C20H16N2O2/c1-11-3-7-13(8-4-11)17-15-16(20(24)21-17)18(22-19(15)23)14-9-5-12(2)6-10-14/h3-10H,1-2H3,(H,21,24)(H,22,23). The minimum atomic E-state index is -0.241. The molecule has 2 aliphatic rings. The molecule has 24 heavy (non-hydrogen) atoms. The van der Waals surface area contributed by atoms with Crippen LogP contribution in [0.3, 0.4) is 0 Å². The molecule has 0 fully saturated rings. The largest absolute Gasteiger partial charge is 0.321 e. The second-order valence-electron chi connectivity index (χ2n) is 6.14. The van der Waals surface area contributed by atoms with E-state index in [2.05, 4.69) is 10.6 Å². The van der Waals surface area contributed by atoms with Crippen LogP contribution in [0.4, 0.5) is 0 Å². The summed E-state index contributed by atoms with van der Waals surface area (Å²) in [6.45, 7) is 4.00. The summed E-state index contributed by atoms with van der Waals surface area (Å²) in [6, 6.07) is 15.5. The first-order valence-electron chi connectivity index (χ1n) is 7.80. The Morgan fingerprint density at radius 1 is 0.583 bits per heavy atom. The van der Waals surface area contributed by atoms with Gasteiger partial charge in [-0.05, 0) is 25.0 Å². The zero-order valence-corrected chi connectivity index (χ0v) is 13.4. The summed E-state index contributed by atoms with van der Waals surface area (Å²) in [4.78, 5) is 25.0. The highest BCUT2D eigenvalue weighted by Crippen LogP contribution is 2.37. The van der Waals surface area contributed by atoms with Crippen LogP contribution in [0, 0.1) is 13.8 Å². The van der Waals surface area contributed by atoms with Gasteiger partial charge in [-0.3, -0.25) is 9.59 Å². The molecule has 2 heterocycles. The second kappa shape index (κ2) is 5.20. The van der Waals surface area contributed by atoms with E-state index in [1.165, 1.54) is 0 Å². The van der Waals surface area contributed by atoms with Gasteiger partial charge in [0, 0.05) is 0 Å². The number of carbonyl (C=O) groups is 2. The summed E-state index contributed by atoms with van der Waals surface area (Å²) in [5.41, 5.74) is 5.93. The van der Waals surface area contributed by atoms with E-state index in [1.807, 2.05) is 62.4 Å². The van der Waals surface area contributed by atoms with Crippen molar-refractivity contribution < 1.29 is 9.59 Å². The predicted octanol–water partition coefficient (Wildman–Crippen LogP) is 2.69. The predicted molar refractivity (Wildman–Crippen MR) is 92.5 cm³/mol. The maximum absolute atomic E-state index is 12.5. The molecule has 0 radical (unpaired) electrons. The number of hydrogen-bond acceptors (Lipinski definition) is 2. The van der Waals surface area contributed by atoms with E-state index in [-0.39, 0.29) is 11.8 Å². The van der Waals surface area contributed by atoms with Crippen molar-refractivity contribution >= 4 is 23.2 Å². The van der Waals surface area contributed by atoms with Gasteiger partial charge in [-0.25, -0.2) is 0 Å². The minimum Gasteiger partial charge on any atom is -0.321 e. The van der Waals surface area contributed by atoms with Crippen molar-refractivity contribution in [2.75, 3.05) is 0 Å². The van der Waals surface area contributed by atoms with Gasteiger partial charge in [0.1, 0.15) is 0 Å². The molecular formula is C20H16N2O2. The van der Waals surface area contributed by atoms with E-state index >= 15 is 0 Å². The summed E-state index contributed by atoms with van der Waals surface area (Å²) in [5, 5.41) is 5.71. The van der Waals surface area contributed by atoms with Crippen molar-refractivity contribution in [3.8, 4) is 0 Å². The number of rotatable bonds is 2. The van der Waals surface area contributed by atoms with Gasteiger partial charge in [0.05, 0.1) is 22.5 Å². The summed E-state index contributed by atoms with van der Waals surface area (Å²) >= 11 is 0. The summed E-state index contributed by atoms with van der Waals surface area (Å²) in [6.07, 6.45) is 0. The summed E-state index contributed by atoms with van der Waals surface area (Å²) in [5.74, 6) is -0.482. The Kier molecular flexibility index (Phi) is 3.13. The Bertz CT molecular complexity index is 853. The summed E-state index contributed by atoms with van der Waals surface area (Å²) in [7, 11) is 0. The maximum atomic E-state index is 12.5. The van der Waals surface area contributed by atoms with Gasteiger partial charge in [0.15, 0.2) is 0 Å². The van der Waals surface area contributed by atoms with Crippen LogP contribution in [-0.2, 0) is 9.59 Å². The number of hydrogen-bond donors (Lipinski definition) is 2. The van der Waals surface area contributed by atoms with Crippen LogP contribution in [0.1, 0.15) is 22.3 Å². The maximum Gasteiger partial charge on any atom is 0.258 e. The minimum absolute atomic E-state index is 0.241. The molecule has 4 heteroatoms. The number of carbonyl (C=O) groups excluding carboxylic acids is 2. The fraction of sp³-hybridized carbons (Fsp3) is 0.100.